The van der Waals surface area contributed by atoms with Crippen LogP contribution in [0, 0.1) is 11.6 Å². The van der Waals surface area contributed by atoms with Crippen molar-refractivity contribution in [2.45, 2.75) is 19.6 Å². The molecule has 0 saturated carbocycles. The minimum absolute atomic E-state index is 0.0652. The van der Waals surface area contributed by atoms with Gasteiger partial charge in [-0.2, -0.15) is 0 Å². The molecule has 0 aliphatic carbocycles. The number of thiazole rings is 1. The van der Waals surface area contributed by atoms with Gasteiger partial charge in [0, 0.05) is 22.3 Å². The summed E-state index contributed by atoms with van der Waals surface area (Å²) in [6, 6.07) is 23.6. The lowest BCUT2D eigenvalue weighted by Crippen LogP contribution is -2.40. The zero-order valence-electron chi connectivity index (χ0n) is 24.6. The van der Waals surface area contributed by atoms with Gasteiger partial charge < -0.3 is 14.8 Å². The van der Waals surface area contributed by atoms with Crippen molar-refractivity contribution in [2.75, 3.05) is 12.4 Å². The molecule has 0 radical (unpaired) electrons. The Kier molecular flexibility index (Phi) is 8.83. The maximum absolute atomic E-state index is 14.2. The Morgan fingerprint density at radius 2 is 1.76 bits per heavy atom. The van der Waals surface area contributed by atoms with Crippen LogP contribution in [0.1, 0.15) is 29.7 Å². The van der Waals surface area contributed by atoms with E-state index in [0.717, 1.165) is 12.1 Å². The van der Waals surface area contributed by atoms with Crippen molar-refractivity contribution in [1.82, 2.24) is 4.57 Å². The van der Waals surface area contributed by atoms with E-state index in [1.165, 1.54) is 29.1 Å². The van der Waals surface area contributed by atoms with E-state index in [1.54, 1.807) is 67.6 Å². The summed E-state index contributed by atoms with van der Waals surface area (Å²) < 4.78 is 40.5. The number of rotatable bonds is 8. The summed E-state index contributed by atoms with van der Waals surface area (Å²) in [5.41, 5.74) is 3.04. The smallest absolute Gasteiger partial charge is 0.271 e. The molecule has 0 spiro atoms. The van der Waals surface area contributed by atoms with Gasteiger partial charge in [-0.1, -0.05) is 59.3 Å². The number of benzene rings is 4. The van der Waals surface area contributed by atoms with Crippen molar-refractivity contribution >= 4 is 40.6 Å². The third-order valence-corrected chi connectivity index (χ3v) is 8.60. The van der Waals surface area contributed by atoms with Crippen molar-refractivity contribution < 1.29 is 23.0 Å². The first-order valence-electron chi connectivity index (χ1n) is 14.1. The number of hydrogen-bond donors (Lipinski definition) is 1. The summed E-state index contributed by atoms with van der Waals surface area (Å²) in [5, 5.41) is 3.45. The number of aromatic nitrogens is 1. The van der Waals surface area contributed by atoms with E-state index in [-0.39, 0.29) is 23.8 Å². The summed E-state index contributed by atoms with van der Waals surface area (Å²) in [5.74, 6) is -1.51. The number of methoxy groups -OCH3 is 1. The molecule has 1 aliphatic heterocycles. The first-order chi connectivity index (χ1) is 22.2. The highest BCUT2D eigenvalue weighted by molar-refractivity contribution is 7.07. The fraction of sp³-hybridized carbons (Fsp3) is 0.114. The average Bonchev–Trinajstić information content (AvgIpc) is 3.34. The molecule has 4 aromatic carbocycles. The Morgan fingerprint density at radius 1 is 1.02 bits per heavy atom. The molecule has 232 valence electrons. The minimum Gasteiger partial charge on any atom is -0.496 e. The zero-order chi connectivity index (χ0) is 32.4. The number of carbonyl (C=O) groups is 1. The third-order valence-electron chi connectivity index (χ3n) is 7.36. The number of para-hydroxylation sites is 1. The molecule has 46 heavy (non-hydrogen) atoms. The van der Waals surface area contributed by atoms with E-state index >= 15 is 0 Å². The molecule has 0 fully saturated rings. The quantitative estimate of drug-likeness (QED) is 0.210. The summed E-state index contributed by atoms with van der Waals surface area (Å²) in [4.78, 5) is 32.9. The lowest BCUT2D eigenvalue weighted by molar-refractivity contribution is -0.113. The first kappa shape index (κ1) is 30.9. The van der Waals surface area contributed by atoms with Gasteiger partial charge in [0.2, 0.25) is 0 Å². The summed E-state index contributed by atoms with van der Waals surface area (Å²) in [6.07, 6.45) is 1.72. The Hall–Kier alpha value is -5.06. The normalized spacial score (nSPS) is 14.5. The largest absolute Gasteiger partial charge is 0.496 e. The summed E-state index contributed by atoms with van der Waals surface area (Å²) in [7, 11) is 1.50. The van der Waals surface area contributed by atoms with Crippen LogP contribution in [0.3, 0.4) is 0 Å². The number of allylic oxidation sites excluding steroid dienone is 1. The molecule has 1 N–H and O–H groups in total. The molecule has 11 heteroatoms. The summed E-state index contributed by atoms with van der Waals surface area (Å²) in [6.45, 7) is 1.68. The number of halogens is 3. The van der Waals surface area contributed by atoms with Crippen LogP contribution in [0.15, 0.2) is 112 Å². The standard InChI is InChI=1S/C35H26ClF2N3O4S/c1-20-31(33(42)40-26-6-4-3-5-7-26)32(22-9-11-24(36)12-10-22)41-34(43)30(46-35(41)39-20)17-21-8-14-28(44-2)23(16-21)19-45-29-15-13-25(37)18-27(29)38/h3-18,32H,19H2,1-2H3,(H,40,42)/t32-/m0/s1. The van der Waals surface area contributed by atoms with Crippen LogP contribution < -0.4 is 29.7 Å². The van der Waals surface area contributed by atoms with Gasteiger partial charge in [0.25, 0.3) is 11.5 Å². The van der Waals surface area contributed by atoms with E-state index in [2.05, 4.69) is 10.3 Å². The van der Waals surface area contributed by atoms with Crippen LogP contribution in [-0.4, -0.2) is 17.6 Å². The van der Waals surface area contributed by atoms with Crippen LogP contribution in [-0.2, 0) is 11.4 Å². The van der Waals surface area contributed by atoms with Crippen molar-refractivity contribution in [1.29, 1.82) is 0 Å². The van der Waals surface area contributed by atoms with Gasteiger partial charge in [0.1, 0.15) is 18.2 Å². The maximum Gasteiger partial charge on any atom is 0.271 e. The van der Waals surface area contributed by atoms with Gasteiger partial charge in [-0.25, -0.2) is 13.8 Å². The number of fused-ring (bicyclic) bond motifs is 1. The van der Waals surface area contributed by atoms with Crippen molar-refractivity contribution in [3.8, 4) is 11.5 Å². The number of amides is 1. The Labute approximate surface area is 271 Å². The van der Waals surface area contributed by atoms with E-state index in [9.17, 15) is 18.4 Å². The van der Waals surface area contributed by atoms with Crippen LogP contribution in [0.5, 0.6) is 11.5 Å². The van der Waals surface area contributed by atoms with E-state index in [4.69, 9.17) is 21.1 Å². The van der Waals surface area contributed by atoms with Crippen LogP contribution >= 0.6 is 22.9 Å². The molecule has 6 rings (SSSR count). The van der Waals surface area contributed by atoms with Gasteiger partial charge in [-0.3, -0.25) is 14.2 Å². The lowest BCUT2D eigenvalue weighted by Gasteiger charge is -2.25. The Morgan fingerprint density at radius 3 is 2.48 bits per heavy atom. The monoisotopic (exact) mass is 657 g/mol. The number of nitrogens with zero attached hydrogens (tertiary/aromatic N) is 2. The predicted molar refractivity (Wildman–Crippen MR) is 174 cm³/mol. The molecule has 2 heterocycles. The van der Waals surface area contributed by atoms with Gasteiger partial charge in [0.05, 0.1) is 29.0 Å². The zero-order valence-corrected chi connectivity index (χ0v) is 26.2. The highest BCUT2D eigenvalue weighted by Gasteiger charge is 2.32. The van der Waals surface area contributed by atoms with Crippen LogP contribution in [0.25, 0.3) is 6.08 Å². The van der Waals surface area contributed by atoms with Gasteiger partial charge in [0.15, 0.2) is 16.4 Å². The second kappa shape index (κ2) is 13.1. The molecular weight excluding hydrogens is 632 g/mol. The Balaban J connectivity index is 1.40. The van der Waals surface area contributed by atoms with Gasteiger partial charge >= 0.3 is 0 Å². The van der Waals surface area contributed by atoms with Crippen molar-refractivity contribution in [3.63, 3.8) is 0 Å². The van der Waals surface area contributed by atoms with E-state index in [1.807, 2.05) is 18.2 Å². The highest BCUT2D eigenvalue weighted by atomic mass is 35.5. The molecule has 1 aliphatic rings. The molecule has 1 amide bonds. The lowest BCUT2D eigenvalue weighted by atomic mass is 9.95. The number of carbonyl (C=O) groups excluding carboxylic acids is 1. The number of anilines is 1. The number of hydrogen-bond acceptors (Lipinski definition) is 6. The third kappa shape index (κ3) is 6.35. The molecule has 0 unspecified atom stereocenters. The maximum atomic E-state index is 14.2. The molecule has 7 nitrogen and oxygen atoms in total. The van der Waals surface area contributed by atoms with Crippen LogP contribution in [0.2, 0.25) is 5.02 Å². The van der Waals surface area contributed by atoms with Crippen molar-refractivity contribution in [2.24, 2.45) is 4.99 Å². The minimum atomic E-state index is -0.821. The fourth-order valence-corrected chi connectivity index (χ4v) is 6.37. The van der Waals surface area contributed by atoms with Crippen LogP contribution in [0.4, 0.5) is 14.5 Å². The second-order valence-corrected chi connectivity index (χ2v) is 11.8. The Bertz CT molecular complexity index is 2160. The predicted octanol–water partition coefficient (Wildman–Crippen LogP) is 6.39. The molecular formula is C35H26ClF2N3O4S. The molecule has 1 atom stereocenters. The van der Waals surface area contributed by atoms with E-state index < -0.39 is 17.7 Å². The number of nitrogens with one attached hydrogen (secondary N) is 1. The van der Waals surface area contributed by atoms with E-state index in [0.29, 0.717) is 53.8 Å². The SMILES string of the molecule is COc1ccc(C=c2sc3n(c2=O)[C@@H](c2ccc(Cl)cc2)C(C(=O)Nc2ccccc2)=C(C)N=3)cc1COc1ccc(F)cc1F. The van der Waals surface area contributed by atoms with Crippen molar-refractivity contribution in [3.05, 3.63) is 155 Å². The number of ether oxygens (including phenoxy) is 2. The molecule has 0 saturated heterocycles. The molecule has 1 aromatic heterocycles. The first-order valence-corrected chi connectivity index (χ1v) is 15.3. The topological polar surface area (TPSA) is 81.9 Å². The summed E-state index contributed by atoms with van der Waals surface area (Å²) >= 11 is 7.38. The molecule has 5 aromatic rings. The van der Waals surface area contributed by atoms with Gasteiger partial charge in [-0.15, -0.1) is 0 Å². The fourth-order valence-electron chi connectivity index (χ4n) is 5.19. The average molecular weight is 658 g/mol. The highest BCUT2D eigenvalue weighted by Crippen LogP contribution is 2.31. The second-order valence-electron chi connectivity index (χ2n) is 10.4. The molecule has 0 bridgehead atoms. The van der Waals surface area contributed by atoms with Gasteiger partial charge in [-0.05, 0) is 72.7 Å².